The summed E-state index contributed by atoms with van der Waals surface area (Å²) in [4.78, 5) is 11.2. The molecule has 0 aromatic heterocycles. The first-order valence-corrected chi connectivity index (χ1v) is 6.24. The van der Waals surface area contributed by atoms with E-state index in [-0.39, 0.29) is 11.4 Å². The Hall–Kier alpha value is -2.56. The maximum Gasteiger partial charge on any atom is 0.250 e. The third kappa shape index (κ3) is 3.26. The summed E-state index contributed by atoms with van der Waals surface area (Å²) >= 11 is 0. The van der Waals surface area contributed by atoms with Crippen LogP contribution in [-0.4, -0.2) is 12.5 Å². The third-order valence-electron chi connectivity index (χ3n) is 3.00. The first kappa shape index (κ1) is 13.9. The summed E-state index contributed by atoms with van der Waals surface area (Å²) < 4.78 is 13.4. The molecule has 2 rings (SSSR count). The largest absolute Gasteiger partial charge is 0.398 e. The molecule has 0 aliphatic rings. The Labute approximate surface area is 116 Å². The van der Waals surface area contributed by atoms with Crippen LogP contribution >= 0.6 is 0 Å². The zero-order valence-electron chi connectivity index (χ0n) is 10.9. The second-order valence-electron chi connectivity index (χ2n) is 4.43. The van der Waals surface area contributed by atoms with E-state index < -0.39 is 5.91 Å². The normalized spacial score (nSPS) is 10.2. The van der Waals surface area contributed by atoms with Gasteiger partial charge >= 0.3 is 0 Å². The topological polar surface area (TPSA) is 81.1 Å². The van der Waals surface area contributed by atoms with Crippen molar-refractivity contribution in [3.8, 4) is 0 Å². The number of rotatable bonds is 5. The van der Waals surface area contributed by atoms with Gasteiger partial charge in [0, 0.05) is 17.9 Å². The van der Waals surface area contributed by atoms with Crippen LogP contribution in [0.2, 0.25) is 0 Å². The minimum absolute atomic E-state index is 0.218. The lowest BCUT2D eigenvalue weighted by Gasteiger charge is -2.09. The Bertz CT molecular complexity index is 628. The van der Waals surface area contributed by atoms with Crippen LogP contribution in [0.5, 0.6) is 0 Å². The van der Waals surface area contributed by atoms with Gasteiger partial charge in [-0.05, 0) is 36.2 Å². The van der Waals surface area contributed by atoms with Crippen LogP contribution in [0.1, 0.15) is 15.9 Å². The van der Waals surface area contributed by atoms with Gasteiger partial charge in [-0.3, -0.25) is 4.79 Å². The van der Waals surface area contributed by atoms with E-state index in [1.54, 1.807) is 36.4 Å². The molecule has 4 nitrogen and oxygen atoms in total. The predicted octanol–water partition coefficient (Wildman–Crippen LogP) is 2.16. The SMILES string of the molecule is NC(=O)c1cc(NCCc2ccccc2F)ccc1N. The highest BCUT2D eigenvalue weighted by Crippen LogP contribution is 2.17. The number of hydrogen-bond donors (Lipinski definition) is 3. The zero-order valence-corrected chi connectivity index (χ0v) is 10.9. The van der Waals surface area contributed by atoms with Crippen molar-refractivity contribution in [2.45, 2.75) is 6.42 Å². The number of carbonyl (C=O) groups excluding carboxylic acids is 1. The van der Waals surface area contributed by atoms with Gasteiger partial charge in [-0.25, -0.2) is 4.39 Å². The van der Waals surface area contributed by atoms with Crippen molar-refractivity contribution < 1.29 is 9.18 Å². The minimum Gasteiger partial charge on any atom is -0.398 e. The fourth-order valence-electron chi connectivity index (χ4n) is 1.92. The molecule has 0 saturated carbocycles. The maximum atomic E-state index is 13.4. The predicted molar refractivity (Wildman–Crippen MR) is 78.0 cm³/mol. The average Bonchev–Trinajstić information content (AvgIpc) is 2.42. The van der Waals surface area contributed by atoms with Crippen molar-refractivity contribution in [3.05, 3.63) is 59.4 Å². The van der Waals surface area contributed by atoms with Crippen molar-refractivity contribution in [2.75, 3.05) is 17.6 Å². The molecule has 0 aliphatic carbocycles. The number of carbonyl (C=O) groups is 1. The van der Waals surface area contributed by atoms with Gasteiger partial charge in [-0.15, -0.1) is 0 Å². The summed E-state index contributed by atoms with van der Waals surface area (Å²) in [5, 5.41) is 3.11. The number of benzene rings is 2. The van der Waals surface area contributed by atoms with E-state index in [1.165, 1.54) is 6.07 Å². The van der Waals surface area contributed by atoms with Crippen molar-refractivity contribution in [2.24, 2.45) is 5.73 Å². The van der Waals surface area contributed by atoms with Crippen molar-refractivity contribution in [3.63, 3.8) is 0 Å². The van der Waals surface area contributed by atoms with E-state index in [4.69, 9.17) is 11.5 Å². The second kappa shape index (κ2) is 6.06. The van der Waals surface area contributed by atoms with E-state index in [2.05, 4.69) is 5.32 Å². The fraction of sp³-hybridized carbons (Fsp3) is 0.133. The number of anilines is 2. The Morgan fingerprint density at radius 3 is 2.65 bits per heavy atom. The number of halogens is 1. The van der Waals surface area contributed by atoms with Crippen LogP contribution < -0.4 is 16.8 Å². The quantitative estimate of drug-likeness (QED) is 0.730. The maximum absolute atomic E-state index is 13.4. The molecule has 20 heavy (non-hydrogen) atoms. The molecule has 0 spiro atoms. The van der Waals surface area contributed by atoms with Gasteiger partial charge in [0.1, 0.15) is 5.82 Å². The molecule has 0 fully saturated rings. The molecule has 2 aromatic carbocycles. The molecule has 0 bridgehead atoms. The van der Waals surface area contributed by atoms with Crippen molar-refractivity contribution >= 4 is 17.3 Å². The molecular formula is C15H16FN3O. The van der Waals surface area contributed by atoms with Gasteiger partial charge in [0.25, 0.3) is 5.91 Å². The molecule has 1 amide bonds. The first-order valence-electron chi connectivity index (χ1n) is 6.24. The second-order valence-corrected chi connectivity index (χ2v) is 4.43. The molecular weight excluding hydrogens is 257 g/mol. The monoisotopic (exact) mass is 273 g/mol. The molecule has 0 unspecified atom stereocenters. The van der Waals surface area contributed by atoms with Gasteiger partial charge in [-0.2, -0.15) is 0 Å². The van der Waals surface area contributed by atoms with Gasteiger partial charge in [0.05, 0.1) is 5.56 Å². The summed E-state index contributed by atoms with van der Waals surface area (Å²) in [6.07, 6.45) is 0.545. The highest BCUT2D eigenvalue weighted by molar-refractivity contribution is 5.98. The highest BCUT2D eigenvalue weighted by Gasteiger charge is 2.06. The number of amides is 1. The van der Waals surface area contributed by atoms with E-state index in [0.29, 0.717) is 24.2 Å². The Balaban J connectivity index is 2.00. The smallest absolute Gasteiger partial charge is 0.250 e. The van der Waals surface area contributed by atoms with Crippen LogP contribution in [0, 0.1) is 5.82 Å². The van der Waals surface area contributed by atoms with E-state index in [9.17, 15) is 9.18 Å². The molecule has 2 aromatic rings. The Morgan fingerprint density at radius 1 is 1.20 bits per heavy atom. The summed E-state index contributed by atoms with van der Waals surface area (Å²) in [6, 6.07) is 11.6. The highest BCUT2D eigenvalue weighted by atomic mass is 19.1. The van der Waals surface area contributed by atoms with Gasteiger partial charge in [0.15, 0.2) is 0 Å². The lowest BCUT2D eigenvalue weighted by molar-refractivity contribution is 0.100. The number of primary amides is 1. The summed E-state index contributed by atoms with van der Waals surface area (Å²) in [7, 11) is 0. The fourth-order valence-corrected chi connectivity index (χ4v) is 1.92. The van der Waals surface area contributed by atoms with Crippen LogP contribution in [-0.2, 0) is 6.42 Å². The van der Waals surface area contributed by atoms with Crippen molar-refractivity contribution in [1.29, 1.82) is 0 Å². The summed E-state index contributed by atoms with van der Waals surface area (Å²) in [5.74, 6) is -0.787. The van der Waals surface area contributed by atoms with Crippen LogP contribution in [0.3, 0.4) is 0 Å². The Kier molecular flexibility index (Phi) is 4.20. The molecule has 0 atom stereocenters. The summed E-state index contributed by atoms with van der Waals surface area (Å²) in [6.45, 7) is 0.545. The van der Waals surface area contributed by atoms with Gasteiger partial charge in [-0.1, -0.05) is 18.2 Å². The van der Waals surface area contributed by atoms with E-state index in [0.717, 1.165) is 5.69 Å². The molecule has 0 aliphatic heterocycles. The molecule has 104 valence electrons. The third-order valence-corrected chi connectivity index (χ3v) is 3.00. The average molecular weight is 273 g/mol. The van der Waals surface area contributed by atoms with Crippen LogP contribution in [0.25, 0.3) is 0 Å². The van der Waals surface area contributed by atoms with E-state index in [1.807, 2.05) is 0 Å². The lowest BCUT2D eigenvalue weighted by atomic mass is 10.1. The molecule has 5 heteroatoms. The Morgan fingerprint density at radius 2 is 1.95 bits per heavy atom. The summed E-state index contributed by atoms with van der Waals surface area (Å²) in [5.41, 5.74) is 12.9. The van der Waals surface area contributed by atoms with Crippen molar-refractivity contribution in [1.82, 2.24) is 0 Å². The molecule has 0 saturated heterocycles. The molecule has 0 radical (unpaired) electrons. The number of nitrogens with two attached hydrogens (primary N) is 2. The standard InChI is InChI=1S/C15H16FN3O/c16-13-4-2-1-3-10(13)7-8-19-11-5-6-14(17)12(9-11)15(18)20/h1-6,9,19H,7-8,17H2,(H2,18,20). The van der Waals surface area contributed by atoms with Crippen LogP contribution in [0.15, 0.2) is 42.5 Å². The van der Waals surface area contributed by atoms with E-state index >= 15 is 0 Å². The number of nitrogen functional groups attached to an aromatic ring is 1. The van der Waals surface area contributed by atoms with Gasteiger partial charge in [0.2, 0.25) is 0 Å². The zero-order chi connectivity index (χ0) is 14.5. The lowest BCUT2D eigenvalue weighted by Crippen LogP contribution is -2.14. The molecule has 0 heterocycles. The van der Waals surface area contributed by atoms with Crippen LogP contribution in [0.4, 0.5) is 15.8 Å². The minimum atomic E-state index is -0.569. The molecule has 5 N–H and O–H groups in total. The first-order chi connectivity index (χ1) is 9.58. The van der Waals surface area contributed by atoms with Gasteiger partial charge < -0.3 is 16.8 Å². The number of nitrogens with one attached hydrogen (secondary N) is 1. The number of hydrogen-bond acceptors (Lipinski definition) is 3.